The van der Waals surface area contributed by atoms with Gasteiger partial charge in [0.2, 0.25) is 0 Å². The Balaban J connectivity index is 2.10. The highest BCUT2D eigenvalue weighted by Gasteiger charge is 2.22. The topological polar surface area (TPSA) is 51.5 Å². The van der Waals surface area contributed by atoms with Crippen LogP contribution in [0.5, 0.6) is 0 Å². The van der Waals surface area contributed by atoms with E-state index in [1.807, 2.05) is 19.1 Å². The van der Waals surface area contributed by atoms with Gasteiger partial charge in [-0.1, -0.05) is 23.7 Å². The Morgan fingerprint density at radius 2 is 1.95 bits per heavy atom. The number of ether oxygens (including phenoxy) is 1. The van der Waals surface area contributed by atoms with Crippen LogP contribution in [0.3, 0.4) is 0 Å². The zero-order chi connectivity index (χ0) is 15.4. The highest BCUT2D eigenvalue weighted by atomic mass is 35.5. The summed E-state index contributed by atoms with van der Waals surface area (Å²) >= 11 is 5.89. The second-order valence-corrected chi connectivity index (χ2v) is 5.30. The van der Waals surface area contributed by atoms with Crippen LogP contribution in [0.2, 0.25) is 5.02 Å². The summed E-state index contributed by atoms with van der Waals surface area (Å²) in [4.78, 5) is 12.2. The average Bonchev–Trinajstić information content (AvgIpc) is 2.88. The van der Waals surface area contributed by atoms with E-state index in [2.05, 4.69) is 5.32 Å². The third kappa shape index (κ3) is 3.65. The third-order valence-corrected chi connectivity index (χ3v) is 3.62. The maximum Gasteiger partial charge on any atom is 0.255 e. The number of nitrogens with one attached hydrogen (secondary N) is 1. The first-order chi connectivity index (χ1) is 10.0. The van der Waals surface area contributed by atoms with Gasteiger partial charge in [0, 0.05) is 12.1 Å². The molecule has 4 nitrogen and oxygen atoms in total. The fourth-order valence-electron chi connectivity index (χ4n) is 2.26. The monoisotopic (exact) mass is 307 g/mol. The fraction of sp³-hybridized carbons (Fsp3) is 0.312. The predicted molar refractivity (Wildman–Crippen MR) is 81.6 cm³/mol. The molecule has 0 radical (unpaired) electrons. The van der Waals surface area contributed by atoms with Crippen molar-refractivity contribution in [2.75, 3.05) is 7.11 Å². The van der Waals surface area contributed by atoms with Crippen LogP contribution in [-0.2, 0) is 4.74 Å². The zero-order valence-corrected chi connectivity index (χ0v) is 13.0. The Morgan fingerprint density at radius 1 is 1.29 bits per heavy atom. The number of hydrogen-bond donors (Lipinski definition) is 1. The van der Waals surface area contributed by atoms with E-state index in [1.165, 1.54) is 6.26 Å². The van der Waals surface area contributed by atoms with Crippen molar-refractivity contribution in [2.24, 2.45) is 0 Å². The smallest absolute Gasteiger partial charge is 0.255 e. The lowest BCUT2D eigenvalue weighted by atomic mass is 10.0. The molecule has 2 aromatic rings. The lowest BCUT2D eigenvalue weighted by molar-refractivity contribution is 0.0644. The molecule has 1 aromatic heterocycles. The molecule has 1 aromatic carbocycles. The highest BCUT2D eigenvalue weighted by molar-refractivity contribution is 6.30. The Morgan fingerprint density at radius 3 is 2.48 bits per heavy atom. The largest absolute Gasteiger partial charge is 0.469 e. The van der Waals surface area contributed by atoms with Gasteiger partial charge in [-0.3, -0.25) is 4.79 Å². The van der Waals surface area contributed by atoms with Crippen LogP contribution >= 0.6 is 11.6 Å². The Hall–Kier alpha value is -1.78. The van der Waals surface area contributed by atoms with Crippen LogP contribution in [0, 0.1) is 6.92 Å². The lowest BCUT2D eigenvalue weighted by Crippen LogP contribution is -2.37. The first kappa shape index (κ1) is 15.6. The molecule has 0 spiro atoms. The van der Waals surface area contributed by atoms with Gasteiger partial charge in [-0.25, -0.2) is 0 Å². The van der Waals surface area contributed by atoms with E-state index >= 15 is 0 Å². The molecule has 1 N–H and O–H groups in total. The van der Waals surface area contributed by atoms with Gasteiger partial charge >= 0.3 is 0 Å². The van der Waals surface area contributed by atoms with E-state index in [1.54, 1.807) is 32.2 Å². The summed E-state index contributed by atoms with van der Waals surface area (Å²) in [6.45, 7) is 3.66. The molecular formula is C16H18ClNO3. The minimum atomic E-state index is -0.251. The molecule has 21 heavy (non-hydrogen) atoms. The van der Waals surface area contributed by atoms with Crippen LogP contribution < -0.4 is 5.32 Å². The summed E-state index contributed by atoms with van der Waals surface area (Å²) < 4.78 is 10.7. The summed E-state index contributed by atoms with van der Waals surface area (Å²) in [5, 5.41) is 3.60. The molecule has 1 heterocycles. The minimum absolute atomic E-state index is 0.176. The van der Waals surface area contributed by atoms with E-state index in [4.69, 9.17) is 20.8 Å². The summed E-state index contributed by atoms with van der Waals surface area (Å²) in [7, 11) is 1.62. The molecule has 0 saturated heterocycles. The fourth-order valence-corrected chi connectivity index (χ4v) is 2.39. The van der Waals surface area contributed by atoms with Gasteiger partial charge < -0.3 is 14.5 Å². The summed E-state index contributed by atoms with van der Waals surface area (Å²) in [6.07, 6.45) is 1.25. The van der Waals surface area contributed by atoms with Crippen molar-refractivity contribution in [3.05, 3.63) is 58.5 Å². The molecular weight excluding hydrogens is 290 g/mol. The quantitative estimate of drug-likeness (QED) is 0.915. The molecule has 0 fully saturated rings. The van der Waals surface area contributed by atoms with Crippen molar-refractivity contribution in [3.63, 3.8) is 0 Å². The molecule has 0 aliphatic heterocycles. The molecule has 112 valence electrons. The van der Waals surface area contributed by atoms with Crippen molar-refractivity contribution in [2.45, 2.75) is 26.0 Å². The first-order valence-corrected chi connectivity index (χ1v) is 7.04. The van der Waals surface area contributed by atoms with Crippen LogP contribution in [0.1, 0.15) is 34.7 Å². The number of hydrogen-bond acceptors (Lipinski definition) is 3. The van der Waals surface area contributed by atoms with Gasteiger partial charge in [0.1, 0.15) is 11.9 Å². The molecule has 0 aliphatic rings. The first-order valence-electron chi connectivity index (χ1n) is 6.66. The van der Waals surface area contributed by atoms with E-state index in [0.29, 0.717) is 16.3 Å². The molecule has 5 heteroatoms. The lowest BCUT2D eigenvalue weighted by Gasteiger charge is -2.24. The van der Waals surface area contributed by atoms with Gasteiger partial charge in [-0.15, -0.1) is 0 Å². The number of aryl methyl sites for hydroxylation is 1. The van der Waals surface area contributed by atoms with Gasteiger partial charge in [0.25, 0.3) is 5.91 Å². The highest BCUT2D eigenvalue weighted by Crippen LogP contribution is 2.23. The van der Waals surface area contributed by atoms with Gasteiger partial charge in [-0.2, -0.15) is 0 Å². The third-order valence-electron chi connectivity index (χ3n) is 3.37. The number of carbonyl (C=O) groups is 1. The Kier molecular flexibility index (Phi) is 5.04. The van der Waals surface area contributed by atoms with Crippen LogP contribution in [0.25, 0.3) is 0 Å². The summed E-state index contributed by atoms with van der Waals surface area (Å²) in [5.74, 6) is 0.421. The van der Waals surface area contributed by atoms with E-state index in [0.717, 1.165) is 5.56 Å². The van der Waals surface area contributed by atoms with Crippen LogP contribution in [-0.4, -0.2) is 19.1 Å². The van der Waals surface area contributed by atoms with Crippen molar-refractivity contribution < 1.29 is 13.9 Å². The molecule has 1 amide bonds. The van der Waals surface area contributed by atoms with Gasteiger partial charge in [0.05, 0.1) is 17.9 Å². The maximum absolute atomic E-state index is 12.2. The van der Waals surface area contributed by atoms with Crippen LogP contribution in [0.15, 0.2) is 41.0 Å². The number of furan rings is 1. The number of methoxy groups -OCH3 is 1. The molecule has 0 saturated carbocycles. The zero-order valence-electron chi connectivity index (χ0n) is 12.2. The Bertz CT molecular complexity index is 606. The molecule has 0 unspecified atom stereocenters. The Labute approximate surface area is 129 Å². The SMILES string of the molecule is CO[C@H](c1ccc(Cl)cc1)[C@H](C)NC(=O)c1ccoc1C. The minimum Gasteiger partial charge on any atom is -0.469 e. The number of carbonyl (C=O) groups excluding carboxylic acids is 1. The number of benzene rings is 1. The normalized spacial score (nSPS) is 13.7. The van der Waals surface area contributed by atoms with Crippen molar-refractivity contribution >= 4 is 17.5 Å². The summed E-state index contributed by atoms with van der Waals surface area (Å²) in [5.41, 5.74) is 1.49. The second-order valence-electron chi connectivity index (χ2n) is 4.86. The number of halogens is 1. The molecule has 0 bridgehead atoms. The molecule has 0 aliphatic carbocycles. The van der Waals surface area contributed by atoms with Gasteiger partial charge in [-0.05, 0) is 37.6 Å². The summed E-state index contributed by atoms with van der Waals surface area (Å²) in [6, 6.07) is 8.85. The maximum atomic E-state index is 12.2. The average molecular weight is 308 g/mol. The predicted octanol–water partition coefficient (Wildman–Crippen LogP) is 3.75. The van der Waals surface area contributed by atoms with Crippen molar-refractivity contribution in [1.82, 2.24) is 5.32 Å². The van der Waals surface area contributed by atoms with E-state index in [9.17, 15) is 4.79 Å². The van der Waals surface area contributed by atoms with E-state index in [-0.39, 0.29) is 18.1 Å². The van der Waals surface area contributed by atoms with Crippen LogP contribution in [0.4, 0.5) is 0 Å². The van der Waals surface area contributed by atoms with Crippen molar-refractivity contribution in [1.29, 1.82) is 0 Å². The molecule has 2 rings (SSSR count). The second kappa shape index (κ2) is 6.78. The number of amides is 1. The number of rotatable bonds is 5. The van der Waals surface area contributed by atoms with Gasteiger partial charge in [0.15, 0.2) is 0 Å². The molecule has 2 atom stereocenters. The van der Waals surface area contributed by atoms with Crippen molar-refractivity contribution in [3.8, 4) is 0 Å². The standard InChI is InChI=1S/C16H18ClNO3/c1-10(18-16(19)14-8-9-21-11(14)2)15(20-3)12-4-6-13(17)7-5-12/h4-10,15H,1-3H3,(H,18,19)/t10-,15-/m0/s1. The van der Waals surface area contributed by atoms with E-state index < -0.39 is 0 Å².